The molecule has 0 aliphatic heterocycles. The highest BCUT2D eigenvalue weighted by Crippen LogP contribution is 2.38. The first-order valence-electron chi connectivity index (χ1n) is 6.98. The van der Waals surface area contributed by atoms with E-state index < -0.39 is 35.0 Å². The lowest BCUT2D eigenvalue weighted by atomic mass is 10.0. The quantitative estimate of drug-likeness (QED) is 0.623. The van der Waals surface area contributed by atoms with E-state index >= 15 is 0 Å². The van der Waals surface area contributed by atoms with Gasteiger partial charge in [0, 0.05) is 17.4 Å². The summed E-state index contributed by atoms with van der Waals surface area (Å²) >= 11 is -1.95. The first kappa shape index (κ1) is 17.5. The van der Waals surface area contributed by atoms with Crippen LogP contribution in [0.1, 0.15) is 24.0 Å². The zero-order valence-corrected chi connectivity index (χ0v) is 13.3. The number of aryl methyl sites for hydroxylation is 1. The maximum Gasteiger partial charge on any atom is 0.199 e. The third-order valence-corrected chi connectivity index (χ3v) is 4.76. The van der Waals surface area contributed by atoms with E-state index in [2.05, 4.69) is 9.66 Å². The van der Waals surface area contributed by atoms with Gasteiger partial charge in [0.05, 0.1) is 6.54 Å². The number of nitrogens with zero attached hydrogens (tertiary/aromatic N) is 1. The summed E-state index contributed by atoms with van der Waals surface area (Å²) in [5.74, 6) is -1.30. The number of halogens is 2. The van der Waals surface area contributed by atoms with Crippen LogP contribution in [0.2, 0.25) is 0 Å². The number of rotatable bonds is 6. The van der Waals surface area contributed by atoms with Gasteiger partial charge in [-0.05, 0) is 37.1 Å². The molecule has 0 fully saturated rings. The topological polar surface area (TPSA) is 75.7 Å². The second-order valence-corrected chi connectivity index (χ2v) is 6.32. The van der Waals surface area contributed by atoms with Crippen molar-refractivity contribution in [2.24, 2.45) is 0 Å². The molecular formula is C14H16F2N2O4S. The van der Waals surface area contributed by atoms with Gasteiger partial charge in [-0.15, -0.1) is 0 Å². The average Bonchev–Trinajstić information content (AvgIpc) is 2.74. The van der Waals surface area contributed by atoms with E-state index in [4.69, 9.17) is 0 Å². The van der Waals surface area contributed by atoms with Crippen LogP contribution in [0.5, 0.6) is 5.75 Å². The number of ketones is 1. The highest BCUT2D eigenvalue weighted by Gasteiger charge is 2.28. The molecule has 1 aliphatic rings. The summed E-state index contributed by atoms with van der Waals surface area (Å²) in [6, 6.07) is 1.29. The lowest BCUT2D eigenvalue weighted by Gasteiger charge is -2.23. The molecule has 0 saturated heterocycles. The van der Waals surface area contributed by atoms with Gasteiger partial charge in [-0.1, -0.05) is 0 Å². The maximum atomic E-state index is 14.9. The van der Waals surface area contributed by atoms with Gasteiger partial charge in [0.2, 0.25) is 0 Å². The number of Topliss-reactive ketones (excluding diaryl/α,β-unsaturated/α-hetero) is 1. The van der Waals surface area contributed by atoms with Crippen LogP contribution in [0.4, 0.5) is 14.6 Å². The van der Waals surface area contributed by atoms with Gasteiger partial charge in [-0.25, -0.2) is 13.3 Å². The van der Waals surface area contributed by atoms with Gasteiger partial charge in [0.15, 0.2) is 22.7 Å². The summed E-state index contributed by atoms with van der Waals surface area (Å²) in [4.78, 5) is 26.1. The van der Waals surface area contributed by atoms with Crippen LogP contribution >= 0.6 is 0 Å². The van der Waals surface area contributed by atoms with E-state index in [1.807, 2.05) is 0 Å². The Hall–Kier alpha value is -1.87. The minimum absolute atomic E-state index is 0.00610. The van der Waals surface area contributed by atoms with Crippen molar-refractivity contribution >= 4 is 28.9 Å². The van der Waals surface area contributed by atoms with Gasteiger partial charge in [-0.3, -0.25) is 14.0 Å². The number of carbonyl (C=O) groups excluding carboxylic acids is 2. The Bertz CT molecular complexity index is 654. The van der Waals surface area contributed by atoms with Crippen molar-refractivity contribution in [3.05, 3.63) is 23.0 Å². The number of benzene rings is 1. The normalized spacial score (nSPS) is 15.5. The maximum absolute atomic E-state index is 14.9. The zero-order valence-electron chi connectivity index (χ0n) is 12.4. The lowest BCUT2D eigenvalue weighted by molar-refractivity contribution is -0.118. The zero-order chi connectivity index (χ0) is 17.0. The molecule has 6 nitrogen and oxygen atoms in total. The van der Waals surface area contributed by atoms with Crippen LogP contribution in [0.15, 0.2) is 6.07 Å². The second-order valence-electron chi connectivity index (χ2n) is 4.97. The largest absolute Gasteiger partial charge is 0.301 e. The molecule has 1 N–H and O–H groups in total. The summed E-state index contributed by atoms with van der Waals surface area (Å²) in [5, 5.41) is 0. The van der Waals surface area contributed by atoms with Gasteiger partial charge >= 0.3 is 0 Å². The fraction of sp³-hybridized carbons (Fsp3) is 0.429. The van der Waals surface area contributed by atoms with E-state index in [-0.39, 0.29) is 37.0 Å². The fourth-order valence-corrected chi connectivity index (χ4v) is 3.33. The Morgan fingerprint density at radius 3 is 2.70 bits per heavy atom. The van der Waals surface area contributed by atoms with Crippen LogP contribution in [0.25, 0.3) is 0 Å². The first-order valence-corrected chi connectivity index (χ1v) is 8.09. The highest BCUT2D eigenvalue weighted by atomic mass is 32.2. The molecule has 9 heteroatoms. The third kappa shape index (κ3) is 3.56. The number of carbonyl (C=O) groups is 2. The Balaban J connectivity index is 2.60. The number of aldehydes is 1. The molecule has 2 rings (SSSR count). The molecule has 1 aromatic rings. The van der Waals surface area contributed by atoms with Crippen LogP contribution in [0, 0.1) is 5.82 Å². The molecule has 1 unspecified atom stereocenters. The predicted octanol–water partition coefficient (Wildman–Crippen LogP) is 1.34. The number of hydrogen-bond donors (Lipinski definition) is 1. The van der Waals surface area contributed by atoms with Gasteiger partial charge in [-0.2, -0.15) is 0 Å². The van der Waals surface area contributed by atoms with Crippen LogP contribution < -0.4 is 14.0 Å². The number of fused-ring (bicyclic) bond motifs is 1. The highest BCUT2D eigenvalue weighted by molar-refractivity contribution is 7.84. The average molecular weight is 346 g/mol. The molecule has 126 valence electrons. The van der Waals surface area contributed by atoms with Crippen LogP contribution in [-0.2, 0) is 33.6 Å². The number of anilines is 1. The molecule has 1 aromatic carbocycles. The number of hydrogen-bond acceptors (Lipinski definition) is 4. The second kappa shape index (κ2) is 7.60. The molecule has 0 amide bonds. The van der Waals surface area contributed by atoms with Crippen molar-refractivity contribution in [3.63, 3.8) is 0 Å². The lowest BCUT2D eigenvalue weighted by Crippen LogP contribution is -2.35. The van der Waals surface area contributed by atoms with Gasteiger partial charge in [0.1, 0.15) is 17.8 Å². The minimum atomic E-state index is -1.95. The summed E-state index contributed by atoms with van der Waals surface area (Å²) in [6.45, 7) is -0.418. The molecule has 0 bridgehead atoms. The van der Waals surface area contributed by atoms with E-state index in [1.165, 1.54) is 13.1 Å². The first-order chi connectivity index (χ1) is 11.0. The molecular weight excluding hydrogens is 330 g/mol. The molecule has 23 heavy (non-hydrogen) atoms. The molecule has 0 radical (unpaired) electrons. The van der Waals surface area contributed by atoms with E-state index in [9.17, 15) is 22.7 Å². The van der Waals surface area contributed by atoms with Crippen molar-refractivity contribution in [3.8, 4) is 5.75 Å². The Labute approximate surface area is 134 Å². The summed E-state index contributed by atoms with van der Waals surface area (Å²) in [7, 11) is 1.35. The minimum Gasteiger partial charge on any atom is -0.301 e. The smallest absolute Gasteiger partial charge is 0.199 e. The Morgan fingerprint density at radius 1 is 1.39 bits per heavy atom. The standard InChI is InChI=1S/C14H16F2N2O4S/c1-17-23(21)18(6-7-19)14-12(22-16)8-9-2-3-10(20)4-5-11(9)13(14)15/h7-8,17H,2-6H2,1H3. The van der Waals surface area contributed by atoms with Crippen LogP contribution in [0.3, 0.4) is 0 Å². The summed E-state index contributed by atoms with van der Waals surface area (Å²) in [6.07, 6.45) is 1.30. The molecule has 1 aliphatic carbocycles. The third-order valence-electron chi connectivity index (χ3n) is 3.67. The molecule has 0 saturated carbocycles. The van der Waals surface area contributed by atoms with Crippen molar-refractivity contribution in [2.75, 3.05) is 17.9 Å². The molecule has 0 spiro atoms. The Morgan fingerprint density at radius 2 is 2.09 bits per heavy atom. The van der Waals surface area contributed by atoms with Crippen molar-refractivity contribution in [1.82, 2.24) is 4.72 Å². The SMILES string of the molecule is CNS(=O)N(CC=O)c1c(OF)cc2c(c1F)CCC(=O)CC2. The van der Waals surface area contributed by atoms with Gasteiger partial charge < -0.3 is 4.79 Å². The van der Waals surface area contributed by atoms with E-state index in [0.29, 0.717) is 11.8 Å². The molecule has 0 aromatic heterocycles. The molecule has 0 heterocycles. The van der Waals surface area contributed by atoms with E-state index in [0.717, 1.165) is 4.31 Å². The Kier molecular flexibility index (Phi) is 5.78. The summed E-state index contributed by atoms with van der Waals surface area (Å²) < 4.78 is 43.0. The number of nitrogens with one attached hydrogen (secondary N) is 1. The van der Waals surface area contributed by atoms with Crippen molar-refractivity contribution in [1.29, 1.82) is 0 Å². The van der Waals surface area contributed by atoms with Crippen molar-refractivity contribution < 1.29 is 27.7 Å². The monoisotopic (exact) mass is 346 g/mol. The fourth-order valence-electron chi connectivity index (χ4n) is 2.57. The summed E-state index contributed by atoms with van der Waals surface area (Å²) in [5.41, 5.74) is 0.335. The van der Waals surface area contributed by atoms with Crippen molar-refractivity contribution in [2.45, 2.75) is 25.7 Å². The van der Waals surface area contributed by atoms with Gasteiger partial charge in [0.25, 0.3) is 0 Å². The predicted molar refractivity (Wildman–Crippen MR) is 80.4 cm³/mol. The molecule has 1 atom stereocenters. The van der Waals surface area contributed by atoms with Crippen LogP contribution in [-0.4, -0.2) is 29.9 Å². The van der Waals surface area contributed by atoms with E-state index in [1.54, 1.807) is 0 Å².